The molecule has 1 aliphatic rings. The van der Waals surface area contributed by atoms with Gasteiger partial charge in [0.15, 0.2) is 0 Å². The monoisotopic (exact) mass is 225 g/mol. The van der Waals surface area contributed by atoms with E-state index in [2.05, 4.69) is 5.32 Å². The van der Waals surface area contributed by atoms with E-state index >= 15 is 0 Å². The third-order valence-corrected chi connectivity index (χ3v) is 2.79. The molecule has 0 amide bonds. The molecule has 80 valence electrons. The van der Waals surface area contributed by atoms with Crippen molar-refractivity contribution in [1.82, 2.24) is 5.32 Å². The van der Waals surface area contributed by atoms with Gasteiger partial charge in [-0.05, 0) is 6.07 Å². The van der Waals surface area contributed by atoms with Crippen molar-refractivity contribution in [3.8, 4) is 0 Å². The van der Waals surface area contributed by atoms with E-state index in [-0.39, 0.29) is 6.10 Å². The lowest BCUT2D eigenvalue weighted by Gasteiger charge is -2.25. The fourth-order valence-corrected chi connectivity index (χ4v) is 2.05. The molecule has 1 N–H and O–H groups in total. The second-order valence-corrected chi connectivity index (χ2v) is 3.83. The van der Waals surface area contributed by atoms with E-state index in [9.17, 15) is 4.79 Å². The Bertz CT molecular complexity index is 362. The van der Waals surface area contributed by atoms with Crippen LogP contribution in [0.2, 0.25) is 5.02 Å². The summed E-state index contributed by atoms with van der Waals surface area (Å²) in [6.45, 7) is 2.19. The molecular weight excluding hydrogens is 214 g/mol. The van der Waals surface area contributed by atoms with Crippen LogP contribution in [0.1, 0.15) is 22.0 Å². The highest BCUT2D eigenvalue weighted by atomic mass is 35.5. The number of aldehydes is 1. The molecule has 4 heteroatoms. The second-order valence-electron chi connectivity index (χ2n) is 3.42. The van der Waals surface area contributed by atoms with Crippen LogP contribution in [0.5, 0.6) is 0 Å². The van der Waals surface area contributed by atoms with Crippen molar-refractivity contribution in [2.75, 3.05) is 19.7 Å². The highest BCUT2D eigenvalue weighted by Gasteiger charge is 2.21. The smallest absolute Gasteiger partial charge is 0.150 e. The Morgan fingerprint density at radius 1 is 1.53 bits per heavy atom. The molecule has 1 fully saturated rings. The summed E-state index contributed by atoms with van der Waals surface area (Å²) in [5, 5.41) is 3.80. The summed E-state index contributed by atoms with van der Waals surface area (Å²) in [5.41, 5.74) is 1.40. The van der Waals surface area contributed by atoms with Crippen LogP contribution in [0.15, 0.2) is 18.2 Å². The summed E-state index contributed by atoms with van der Waals surface area (Å²) >= 11 is 6.07. The molecule has 0 aromatic heterocycles. The molecule has 0 bridgehead atoms. The Kier molecular flexibility index (Phi) is 3.36. The molecule has 3 nitrogen and oxygen atoms in total. The van der Waals surface area contributed by atoms with E-state index in [0.717, 1.165) is 18.4 Å². The van der Waals surface area contributed by atoms with Crippen LogP contribution >= 0.6 is 11.6 Å². The third-order valence-electron chi connectivity index (χ3n) is 2.46. The van der Waals surface area contributed by atoms with Crippen LogP contribution < -0.4 is 5.32 Å². The quantitative estimate of drug-likeness (QED) is 0.781. The fraction of sp³-hybridized carbons (Fsp3) is 0.364. The van der Waals surface area contributed by atoms with E-state index < -0.39 is 0 Å². The molecule has 1 atom stereocenters. The van der Waals surface area contributed by atoms with Gasteiger partial charge in [0.25, 0.3) is 0 Å². The molecule has 15 heavy (non-hydrogen) atoms. The molecule has 2 rings (SSSR count). The number of hydrogen-bond donors (Lipinski definition) is 1. The maximum Gasteiger partial charge on any atom is 0.150 e. The summed E-state index contributed by atoms with van der Waals surface area (Å²) in [5.74, 6) is 0. The van der Waals surface area contributed by atoms with Gasteiger partial charge in [-0.25, -0.2) is 0 Å². The highest BCUT2D eigenvalue weighted by molar-refractivity contribution is 6.31. The summed E-state index contributed by atoms with van der Waals surface area (Å²) in [6.07, 6.45) is 0.701. The van der Waals surface area contributed by atoms with Crippen LogP contribution in [0.4, 0.5) is 0 Å². The first kappa shape index (κ1) is 10.6. The number of nitrogens with one attached hydrogen (secondary N) is 1. The summed E-state index contributed by atoms with van der Waals surface area (Å²) < 4.78 is 5.58. The molecule has 0 radical (unpaired) electrons. The molecule has 0 aliphatic carbocycles. The Morgan fingerprint density at radius 2 is 2.40 bits per heavy atom. The lowest BCUT2D eigenvalue weighted by Crippen LogP contribution is -2.33. The van der Waals surface area contributed by atoms with Gasteiger partial charge >= 0.3 is 0 Å². The first-order valence-electron chi connectivity index (χ1n) is 4.89. The fourth-order valence-electron chi connectivity index (χ4n) is 1.75. The predicted octanol–water partition coefficient (Wildman–Crippen LogP) is 1.81. The van der Waals surface area contributed by atoms with Crippen molar-refractivity contribution in [1.29, 1.82) is 0 Å². The van der Waals surface area contributed by atoms with E-state index in [1.807, 2.05) is 0 Å². The molecule has 1 aromatic carbocycles. The van der Waals surface area contributed by atoms with Crippen molar-refractivity contribution < 1.29 is 9.53 Å². The van der Waals surface area contributed by atoms with Crippen molar-refractivity contribution in [3.63, 3.8) is 0 Å². The van der Waals surface area contributed by atoms with Crippen LogP contribution in [0.25, 0.3) is 0 Å². The minimum absolute atomic E-state index is 0.118. The van der Waals surface area contributed by atoms with Gasteiger partial charge in [-0.15, -0.1) is 0 Å². The van der Waals surface area contributed by atoms with Crippen molar-refractivity contribution in [2.24, 2.45) is 0 Å². The topological polar surface area (TPSA) is 38.3 Å². The Hall–Kier alpha value is -0.900. The lowest BCUT2D eigenvalue weighted by atomic mass is 10.0. The van der Waals surface area contributed by atoms with Gasteiger partial charge in [0.2, 0.25) is 0 Å². The van der Waals surface area contributed by atoms with E-state index in [4.69, 9.17) is 16.3 Å². The van der Waals surface area contributed by atoms with Gasteiger partial charge in [0.05, 0.1) is 12.7 Å². The summed E-state index contributed by atoms with van der Waals surface area (Å²) in [7, 11) is 0. The second kappa shape index (κ2) is 4.75. The van der Waals surface area contributed by atoms with Crippen molar-refractivity contribution in [2.45, 2.75) is 6.10 Å². The van der Waals surface area contributed by atoms with E-state index in [0.29, 0.717) is 23.7 Å². The first-order valence-corrected chi connectivity index (χ1v) is 5.26. The van der Waals surface area contributed by atoms with Crippen molar-refractivity contribution >= 4 is 17.9 Å². The molecule has 1 aromatic rings. The zero-order chi connectivity index (χ0) is 10.7. The van der Waals surface area contributed by atoms with E-state index in [1.54, 1.807) is 18.2 Å². The summed E-state index contributed by atoms with van der Waals surface area (Å²) in [6, 6.07) is 5.31. The molecule has 1 unspecified atom stereocenters. The number of hydrogen-bond acceptors (Lipinski definition) is 3. The number of morpholine rings is 1. The van der Waals surface area contributed by atoms with Crippen molar-refractivity contribution in [3.05, 3.63) is 34.3 Å². The maximum atomic E-state index is 10.9. The molecule has 1 aliphatic heterocycles. The van der Waals surface area contributed by atoms with Gasteiger partial charge in [-0.1, -0.05) is 23.7 Å². The number of halogens is 1. The van der Waals surface area contributed by atoms with Gasteiger partial charge in [-0.3, -0.25) is 4.79 Å². The molecule has 0 spiro atoms. The minimum Gasteiger partial charge on any atom is -0.371 e. The Labute approximate surface area is 93.4 Å². The third kappa shape index (κ3) is 2.20. The Balaban J connectivity index is 2.35. The highest BCUT2D eigenvalue weighted by Crippen LogP contribution is 2.28. The Morgan fingerprint density at radius 3 is 3.07 bits per heavy atom. The molecule has 0 saturated carbocycles. The van der Waals surface area contributed by atoms with Crippen LogP contribution in [-0.4, -0.2) is 26.0 Å². The molecular formula is C11H12ClNO2. The van der Waals surface area contributed by atoms with Gasteiger partial charge in [-0.2, -0.15) is 0 Å². The average molecular weight is 226 g/mol. The first-order chi connectivity index (χ1) is 7.33. The minimum atomic E-state index is -0.118. The standard InChI is InChI=1S/C11H12ClNO2/c12-9-3-1-2-8(7-14)11(9)10-6-13-4-5-15-10/h1-3,7,10,13H,4-6H2. The van der Waals surface area contributed by atoms with Gasteiger partial charge in [0.1, 0.15) is 6.29 Å². The van der Waals surface area contributed by atoms with E-state index in [1.165, 1.54) is 0 Å². The predicted molar refractivity (Wildman–Crippen MR) is 58.4 cm³/mol. The normalized spacial score (nSPS) is 21.3. The molecule has 1 heterocycles. The largest absolute Gasteiger partial charge is 0.371 e. The number of carbonyl (C=O) groups is 1. The van der Waals surface area contributed by atoms with Crippen LogP contribution in [0, 0.1) is 0 Å². The van der Waals surface area contributed by atoms with Gasteiger partial charge in [0, 0.05) is 29.2 Å². The SMILES string of the molecule is O=Cc1cccc(Cl)c1C1CNCCO1. The zero-order valence-electron chi connectivity index (χ0n) is 8.20. The summed E-state index contributed by atoms with van der Waals surface area (Å²) in [4.78, 5) is 10.9. The van der Waals surface area contributed by atoms with Gasteiger partial charge < -0.3 is 10.1 Å². The van der Waals surface area contributed by atoms with Crippen LogP contribution in [0.3, 0.4) is 0 Å². The van der Waals surface area contributed by atoms with Crippen LogP contribution in [-0.2, 0) is 4.74 Å². The lowest BCUT2D eigenvalue weighted by molar-refractivity contribution is 0.0273. The average Bonchev–Trinajstić information content (AvgIpc) is 2.29. The maximum absolute atomic E-state index is 10.9. The zero-order valence-corrected chi connectivity index (χ0v) is 8.96. The number of ether oxygens (including phenoxy) is 1. The molecule has 1 saturated heterocycles. The number of rotatable bonds is 2. The number of carbonyl (C=O) groups excluding carboxylic acids is 1. The number of benzene rings is 1.